The molecule has 9 aromatic rings. The van der Waals surface area contributed by atoms with Crippen molar-refractivity contribution in [3.05, 3.63) is 147 Å². The minimum atomic E-state index is 0.533. The van der Waals surface area contributed by atoms with E-state index in [0.717, 1.165) is 66.1 Å². The van der Waals surface area contributed by atoms with Crippen LogP contribution in [-0.2, 0) is 0 Å². The zero-order valence-corrected chi connectivity index (χ0v) is 24.5. The smallest absolute Gasteiger partial charge is 0.227 e. The van der Waals surface area contributed by atoms with E-state index in [9.17, 15) is 0 Å². The predicted molar refractivity (Wildman–Crippen MR) is 182 cm³/mol. The first-order chi connectivity index (χ1) is 22.8. The Labute approximate surface area is 263 Å². The molecule has 5 aromatic carbocycles. The van der Waals surface area contributed by atoms with Crippen LogP contribution >= 0.6 is 0 Å². The summed E-state index contributed by atoms with van der Waals surface area (Å²) in [7, 11) is 0. The highest BCUT2D eigenvalue weighted by atomic mass is 16.3. The van der Waals surface area contributed by atoms with Gasteiger partial charge in [-0.2, -0.15) is 0 Å². The van der Waals surface area contributed by atoms with Crippen LogP contribution in [0.3, 0.4) is 0 Å². The fourth-order valence-corrected chi connectivity index (χ4v) is 6.47. The largest absolute Gasteiger partial charge is 0.444 e. The van der Waals surface area contributed by atoms with Crippen molar-refractivity contribution in [2.45, 2.75) is 0 Å². The quantitative estimate of drug-likeness (QED) is 0.185. The van der Waals surface area contributed by atoms with Gasteiger partial charge in [0.1, 0.15) is 12.5 Å². The van der Waals surface area contributed by atoms with E-state index >= 15 is 0 Å². The van der Waals surface area contributed by atoms with E-state index in [-0.39, 0.29) is 0 Å². The lowest BCUT2D eigenvalue weighted by atomic mass is 9.85. The molecule has 0 fully saturated rings. The molecule has 0 bridgehead atoms. The van der Waals surface area contributed by atoms with Crippen LogP contribution < -0.4 is 0 Å². The van der Waals surface area contributed by atoms with Crippen molar-refractivity contribution in [1.29, 1.82) is 0 Å². The first-order valence-corrected chi connectivity index (χ1v) is 15.0. The lowest BCUT2D eigenvalue weighted by Gasteiger charge is -2.19. The molecule has 46 heavy (non-hydrogen) atoms. The number of pyridine rings is 2. The maximum atomic E-state index is 5.65. The lowest BCUT2D eigenvalue weighted by molar-refractivity contribution is 0.574. The number of aromatic nitrogens is 4. The molecule has 6 nitrogen and oxygen atoms in total. The van der Waals surface area contributed by atoms with Gasteiger partial charge < -0.3 is 8.83 Å². The summed E-state index contributed by atoms with van der Waals surface area (Å²) in [5.41, 5.74) is 8.06. The molecule has 0 atom stereocenters. The maximum Gasteiger partial charge on any atom is 0.227 e. The second-order valence-electron chi connectivity index (χ2n) is 11.2. The van der Waals surface area contributed by atoms with Crippen LogP contribution in [0.4, 0.5) is 0 Å². The second-order valence-corrected chi connectivity index (χ2v) is 11.2. The fraction of sp³-hybridized carbons (Fsp3) is 0. The van der Waals surface area contributed by atoms with E-state index in [0.29, 0.717) is 11.8 Å². The molecule has 0 amide bonds. The fourth-order valence-electron chi connectivity index (χ4n) is 6.47. The van der Waals surface area contributed by atoms with Crippen molar-refractivity contribution in [3.63, 3.8) is 0 Å². The van der Waals surface area contributed by atoms with Crippen LogP contribution in [0.1, 0.15) is 0 Å². The Bertz CT molecular complexity index is 2540. The number of oxazole rings is 2. The van der Waals surface area contributed by atoms with Crippen LogP contribution in [0.25, 0.3) is 88.6 Å². The summed E-state index contributed by atoms with van der Waals surface area (Å²) in [6.07, 6.45) is 13.9. The summed E-state index contributed by atoms with van der Waals surface area (Å²) in [6, 6.07) is 34.6. The maximum absolute atomic E-state index is 5.65. The molecule has 4 aromatic heterocycles. The topological polar surface area (TPSA) is 77.8 Å². The summed E-state index contributed by atoms with van der Waals surface area (Å²) >= 11 is 0. The average molecular weight is 593 g/mol. The second kappa shape index (κ2) is 10.6. The summed E-state index contributed by atoms with van der Waals surface area (Å²) < 4.78 is 11.3. The third-order valence-corrected chi connectivity index (χ3v) is 8.52. The molecule has 0 saturated carbocycles. The first-order valence-electron chi connectivity index (χ1n) is 15.0. The summed E-state index contributed by atoms with van der Waals surface area (Å²) in [4.78, 5) is 18.0. The molecule has 0 aliphatic heterocycles. The third kappa shape index (κ3) is 4.35. The highest BCUT2D eigenvalue weighted by molar-refractivity contribution is 6.22. The van der Waals surface area contributed by atoms with Gasteiger partial charge in [-0.15, -0.1) is 0 Å². The monoisotopic (exact) mass is 592 g/mol. The molecule has 9 rings (SSSR count). The highest BCUT2D eigenvalue weighted by Gasteiger charge is 2.19. The number of hydrogen-bond donors (Lipinski definition) is 0. The SMILES string of the molecule is c1ccc2cc(-c3ccc4c(-c5cncc(-c6ncco6)c5)c5ccccc5c(-c5cncc(-c6ncco6)c5)c4c3)ccc2c1. The molecular formula is C40H24N4O2. The van der Waals surface area contributed by atoms with Crippen LogP contribution in [0.2, 0.25) is 0 Å². The van der Waals surface area contributed by atoms with Crippen molar-refractivity contribution in [2.24, 2.45) is 0 Å². The van der Waals surface area contributed by atoms with Gasteiger partial charge in [0.05, 0.1) is 23.5 Å². The molecule has 0 unspecified atom stereocenters. The zero-order valence-electron chi connectivity index (χ0n) is 24.5. The Morgan fingerprint density at radius 1 is 0.391 bits per heavy atom. The molecule has 0 N–H and O–H groups in total. The van der Waals surface area contributed by atoms with Crippen LogP contribution in [0.15, 0.2) is 156 Å². The van der Waals surface area contributed by atoms with E-state index < -0.39 is 0 Å². The predicted octanol–water partition coefficient (Wildman–Crippen LogP) is 10.2. The van der Waals surface area contributed by atoms with Gasteiger partial charge >= 0.3 is 0 Å². The van der Waals surface area contributed by atoms with Crippen LogP contribution in [-0.4, -0.2) is 19.9 Å². The Kier molecular flexibility index (Phi) is 6.03. The third-order valence-electron chi connectivity index (χ3n) is 8.52. The average Bonchev–Trinajstić information content (AvgIpc) is 3.86. The van der Waals surface area contributed by atoms with Crippen molar-refractivity contribution in [1.82, 2.24) is 19.9 Å². The summed E-state index contributed by atoms with van der Waals surface area (Å²) in [5.74, 6) is 1.07. The Morgan fingerprint density at radius 2 is 0.913 bits per heavy atom. The van der Waals surface area contributed by atoms with Gasteiger partial charge in [-0.3, -0.25) is 9.97 Å². The number of nitrogens with zero attached hydrogens (tertiary/aromatic N) is 4. The van der Waals surface area contributed by atoms with Gasteiger partial charge in [-0.25, -0.2) is 9.97 Å². The van der Waals surface area contributed by atoms with Gasteiger partial charge in [-0.05, 0) is 78.8 Å². The van der Waals surface area contributed by atoms with E-state index in [2.05, 4.69) is 117 Å². The molecule has 216 valence electrons. The summed E-state index contributed by atoms with van der Waals surface area (Å²) in [6.45, 7) is 0. The van der Waals surface area contributed by atoms with Crippen LogP contribution in [0, 0.1) is 0 Å². The highest BCUT2D eigenvalue weighted by Crippen LogP contribution is 2.45. The normalized spacial score (nSPS) is 11.5. The molecule has 4 heterocycles. The molecule has 0 radical (unpaired) electrons. The standard InChI is InChI=1S/C40H24N4O2/c1-2-6-26-17-27(10-9-25(26)5-1)28-11-12-35-36(20-28)38(30-19-32(24-42-22-30)40-44-14-16-46-40)34-8-4-3-7-33(34)37(35)29-18-31(23-41-21-29)39-43-13-15-45-39/h1-24H. The van der Waals surface area contributed by atoms with Gasteiger partial charge in [-0.1, -0.05) is 72.8 Å². The molecular weight excluding hydrogens is 568 g/mol. The number of benzene rings is 5. The molecule has 0 aliphatic carbocycles. The van der Waals surface area contributed by atoms with Gasteiger partial charge in [0.15, 0.2) is 0 Å². The molecule has 0 spiro atoms. The van der Waals surface area contributed by atoms with E-state index in [1.807, 2.05) is 12.4 Å². The lowest BCUT2D eigenvalue weighted by Crippen LogP contribution is -1.93. The summed E-state index contributed by atoms with van der Waals surface area (Å²) in [5, 5.41) is 6.84. The van der Waals surface area contributed by atoms with E-state index in [1.165, 1.54) is 10.8 Å². The zero-order chi connectivity index (χ0) is 30.5. The first kappa shape index (κ1) is 26.0. The minimum absolute atomic E-state index is 0.533. The Balaban J connectivity index is 1.36. The van der Waals surface area contributed by atoms with Crippen molar-refractivity contribution in [3.8, 4) is 56.3 Å². The van der Waals surface area contributed by atoms with Crippen molar-refractivity contribution < 1.29 is 8.83 Å². The molecule has 6 heteroatoms. The van der Waals surface area contributed by atoms with Gasteiger partial charge in [0.25, 0.3) is 0 Å². The Morgan fingerprint density at radius 3 is 1.54 bits per heavy atom. The van der Waals surface area contributed by atoms with Crippen molar-refractivity contribution >= 4 is 32.3 Å². The number of rotatable bonds is 5. The molecule has 0 aliphatic rings. The van der Waals surface area contributed by atoms with E-state index in [1.54, 1.807) is 37.3 Å². The number of fused-ring (bicyclic) bond motifs is 3. The Hall–Kier alpha value is -6.40. The van der Waals surface area contributed by atoms with E-state index in [4.69, 9.17) is 8.83 Å². The van der Waals surface area contributed by atoms with Crippen molar-refractivity contribution in [2.75, 3.05) is 0 Å². The number of hydrogen-bond acceptors (Lipinski definition) is 6. The van der Waals surface area contributed by atoms with Gasteiger partial charge in [0, 0.05) is 35.9 Å². The molecule has 0 saturated heterocycles. The minimum Gasteiger partial charge on any atom is -0.444 e. The van der Waals surface area contributed by atoms with Gasteiger partial charge in [0.2, 0.25) is 11.8 Å². The van der Waals surface area contributed by atoms with Crippen LogP contribution in [0.5, 0.6) is 0 Å².